The Kier molecular flexibility index (Phi) is 7.54. The molecule has 1 aromatic heterocycles. The predicted octanol–water partition coefficient (Wildman–Crippen LogP) is -0.140. The summed E-state index contributed by atoms with van der Waals surface area (Å²) in [5, 5.41) is 8.88. The number of aromatic amines is 1. The van der Waals surface area contributed by atoms with Crippen LogP contribution >= 0.6 is 35.9 Å². The van der Waals surface area contributed by atoms with Crippen LogP contribution in [0.2, 0.25) is 0 Å². The summed E-state index contributed by atoms with van der Waals surface area (Å²) in [4.78, 5) is 42.2. The molecule has 0 saturated carbocycles. The van der Waals surface area contributed by atoms with Gasteiger partial charge in [-0.05, 0) is 0 Å². The largest absolute Gasteiger partial charge is 0.708 e. The zero-order valence-electron chi connectivity index (χ0n) is 12.9. The molecule has 3 unspecified atom stereocenters. The number of ether oxygens (including phenoxy) is 1. The van der Waals surface area contributed by atoms with Gasteiger partial charge in [0, 0.05) is 30.0 Å². The molecule has 4 N–H and O–H groups in total. The Bertz CT molecular complexity index is 887. The van der Waals surface area contributed by atoms with Gasteiger partial charge in [-0.15, -0.1) is 21.0 Å². The van der Waals surface area contributed by atoms with Gasteiger partial charge in [0.15, 0.2) is 6.23 Å². The van der Waals surface area contributed by atoms with E-state index in [1.807, 2.05) is 4.98 Å². The Labute approximate surface area is 156 Å². The second kappa shape index (κ2) is 9.08. The van der Waals surface area contributed by atoms with Crippen molar-refractivity contribution in [3.05, 3.63) is 33.1 Å². The van der Waals surface area contributed by atoms with E-state index in [0.29, 0.717) is 0 Å². The first-order chi connectivity index (χ1) is 12.5. The van der Waals surface area contributed by atoms with Crippen molar-refractivity contribution < 1.29 is 46.5 Å². The number of aliphatic hydroxyl groups excluding tert-OH is 1. The highest BCUT2D eigenvalue weighted by molar-refractivity contribution is 7.61. The number of halogens is 1. The molecule has 0 aromatic carbocycles. The molecule has 0 radical (unpaired) electrons. The van der Waals surface area contributed by atoms with Gasteiger partial charge in [-0.3, -0.25) is 19.2 Å². The molecule has 0 bridgehead atoms. The van der Waals surface area contributed by atoms with Crippen molar-refractivity contribution in [1.29, 1.82) is 0 Å². The summed E-state index contributed by atoms with van der Waals surface area (Å²) in [6, 6.07) is 1.03. The Balaban J connectivity index is 1.99. The molecule has 7 atom stereocenters. The number of H-pyrrole nitrogens is 1. The Hall–Kier alpha value is -0.880. The number of aromatic nitrogens is 2. The van der Waals surface area contributed by atoms with E-state index in [4.69, 9.17) is 26.1 Å². The fourth-order valence-electron chi connectivity index (χ4n) is 2.04. The molecule has 18 heteroatoms. The Morgan fingerprint density at radius 1 is 1.37 bits per heavy atom. The molecule has 1 aliphatic rings. The summed E-state index contributed by atoms with van der Waals surface area (Å²) < 4.78 is 51.5. The first-order valence-electron chi connectivity index (χ1n) is 6.78. The fourth-order valence-corrected chi connectivity index (χ4v) is 4.61. The van der Waals surface area contributed by atoms with E-state index in [9.17, 15) is 28.4 Å². The van der Waals surface area contributed by atoms with Gasteiger partial charge in [-0.2, -0.15) is 0 Å². The molecule has 1 aromatic rings. The zero-order chi connectivity index (χ0) is 20.4. The summed E-state index contributed by atoms with van der Waals surface area (Å²) in [5.41, 5.74) is -1.51. The molecular weight excluding hydrogens is 456 g/mol. The van der Waals surface area contributed by atoms with E-state index < -0.39 is 66.0 Å². The van der Waals surface area contributed by atoms with Crippen LogP contribution in [0.25, 0.3) is 0 Å². The Morgan fingerprint density at radius 2 is 2.04 bits per heavy atom. The normalized spacial score (nSPS) is 28.6. The number of aliphatic hydroxyl groups is 1. The van der Waals surface area contributed by atoms with E-state index >= 15 is 0 Å². The van der Waals surface area contributed by atoms with E-state index in [2.05, 4.69) is 13.1 Å². The molecule has 1 saturated heterocycles. The maximum Gasteiger partial charge on any atom is 0.708 e. The third-order valence-corrected chi connectivity index (χ3v) is 6.68. The number of rotatable bonds is 8. The first-order valence-corrected chi connectivity index (χ1v) is 10.9. The van der Waals surface area contributed by atoms with Gasteiger partial charge in [0.25, 0.3) is 5.56 Å². The maximum absolute atomic E-state index is 11.8. The number of nitrogens with zero attached hydrogens (tertiary/aromatic N) is 1. The van der Waals surface area contributed by atoms with Crippen molar-refractivity contribution in [2.24, 2.45) is 0 Å². The minimum atomic E-state index is -5.12. The summed E-state index contributed by atoms with van der Waals surface area (Å²) in [5.74, 6) is 0. The Morgan fingerprint density at radius 3 is 2.63 bits per heavy atom. The van der Waals surface area contributed by atoms with Crippen molar-refractivity contribution in [3.8, 4) is 0 Å². The van der Waals surface area contributed by atoms with Crippen LogP contribution in [-0.2, 0) is 31.6 Å². The van der Waals surface area contributed by atoms with E-state index in [-0.39, 0.29) is 0 Å². The van der Waals surface area contributed by atoms with E-state index in [0.717, 1.165) is 16.8 Å². The standard InChI is InChI=1S/C9H10ClN2O12P3/c10-6-7(14)4(3-21-26(18)24-27(19,20)23-25(16)17)22-8(6)12-2-1-5(13)11-9(12)15/h1-2,4,6-8,14H,3H2,(H-2,11,13,15,16,17,19,20)/p+2/t4-,6-,7-,8-/m1/s1. The van der Waals surface area contributed by atoms with Gasteiger partial charge in [0.1, 0.15) is 24.2 Å². The molecule has 27 heavy (non-hydrogen) atoms. The van der Waals surface area contributed by atoms with Gasteiger partial charge in [0.05, 0.1) is 0 Å². The first kappa shape index (κ1) is 22.4. The molecule has 150 valence electrons. The maximum atomic E-state index is 11.8. The number of phosphoric acid groups is 1. The zero-order valence-corrected chi connectivity index (χ0v) is 16.3. The van der Waals surface area contributed by atoms with Crippen molar-refractivity contribution >= 4 is 35.9 Å². The second-order valence-corrected chi connectivity index (χ2v) is 8.84. The molecule has 0 spiro atoms. The van der Waals surface area contributed by atoms with Crippen molar-refractivity contribution in [1.82, 2.24) is 9.55 Å². The fraction of sp³-hybridized carbons (Fsp3) is 0.556. The average molecular weight is 469 g/mol. The van der Waals surface area contributed by atoms with Crippen LogP contribution in [0.4, 0.5) is 0 Å². The highest BCUT2D eigenvalue weighted by Gasteiger charge is 2.48. The van der Waals surface area contributed by atoms with Gasteiger partial charge >= 0.3 is 30.0 Å². The number of hydrogen-bond donors (Lipinski definition) is 4. The average Bonchev–Trinajstić information content (AvgIpc) is 2.79. The molecule has 2 heterocycles. The summed E-state index contributed by atoms with van der Waals surface area (Å²) >= 11 is 6.00. The van der Waals surface area contributed by atoms with Crippen LogP contribution in [-0.4, -0.2) is 48.6 Å². The van der Waals surface area contributed by atoms with Crippen LogP contribution in [0.5, 0.6) is 0 Å². The lowest BCUT2D eigenvalue weighted by Gasteiger charge is -2.15. The van der Waals surface area contributed by atoms with Crippen LogP contribution in [0.15, 0.2) is 21.9 Å². The third-order valence-electron chi connectivity index (χ3n) is 3.11. The summed E-state index contributed by atoms with van der Waals surface area (Å²) in [7, 11) is -11.9. The second-order valence-electron chi connectivity index (χ2n) is 4.91. The van der Waals surface area contributed by atoms with Gasteiger partial charge in [0.2, 0.25) is 0 Å². The van der Waals surface area contributed by atoms with Crippen LogP contribution in [0.1, 0.15) is 6.23 Å². The van der Waals surface area contributed by atoms with Crippen LogP contribution < -0.4 is 11.2 Å². The monoisotopic (exact) mass is 468 g/mol. The van der Waals surface area contributed by atoms with Crippen molar-refractivity contribution in [2.45, 2.75) is 23.8 Å². The molecule has 1 aliphatic heterocycles. The number of nitrogens with one attached hydrogen (secondary N) is 1. The molecule has 0 aliphatic carbocycles. The number of hydrogen-bond acceptors (Lipinski definition) is 10. The minimum Gasteiger partial charge on any atom is -0.389 e. The lowest BCUT2D eigenvalue weighted by Crippen LogP contribution is -2.35. The van der Waals surface area contributed by atoms with Gasteiger partial charge < -0.3 is 9.84 Å². The highest BCUT2D eigenvalue weighted by atomic mass is 35.5. The van der Waals surface area contributed by atoms with Crippen molar-refractivity contribution in [3.63, 3.8) is 0 Å². The van der Waals surface area contributed by atoms with Crippen LogP contribution in [0.3, 0.4) is 0 Å². The quantitative estimate of drug-likeness (QED) is 0.291. The van der Waals surface area contributed by atoms with Gasteiger partial charge in [-0.25, -0.2) is 9.36 Å². The lowest BCUT2D eigenvalue weighted by atomic mass is 10.2. The smallest absolute Gasteiger partial charge is 0.389 e. The van der Waals surface area contributed by atoms with Crippen molar-refractivity contribution in [2.75, 3.05) is 6.61 Å². The van der Waals surface area contributed by atoms with E-state index in [1.54, 1.807) is 0 Å². The topological polar surface area (TPSA) is 204 Å². The molecule has 2 rings (SSSR count). The minimum absolute atomic E-state index is 0.653. The molecule has 0 amide bonds. The third kappa shape index (κ3) is 6.05. The molecular formula is C9H12ClN2O12P3+2. The highest BCUT2D eigenvalue weighted by Crippen LogP contribution is 2.57. The summed E-state index contributed by atoms with van der Waals surface area (Å²) in [6.45, 7) is -0.653. The predicted molar refractivity (Wildman–Crippen MR) is 86.3 cm³/mol. The molecule has 1 fully saturated rings. The van der Waals surface area contributed by atoms with Gasteiger partial charge in [-0.1, -0.05) is 0 Å². The lowest BCUT2D eigenvalue weighted by molar-refractivity contribution is -0.0410. The molecule has 14 nitrogen and oxygen atoms in total. The SMILES string of the molecule is O=c1ccn([C@@H]2O[C@H](CO[P+](=O)OP(=O)(O)O[P+](=O)O)[C@@H](O)[C@H]2Cl)c(=O)[nH]1. The number of alkyl halides is 1. The van der Waals surface area contributed by atoms with Crippen LogP contribution in [0, 0.1) is 0 Å². The summed E-state index contributed by atoms with van der Waals surface area (Å²) in [6.07, 6.45) is -2.75. The van der Waals surface area contributed by atoms with E-state index in [1.165, 1.54) is 0 Å².